The third kappa shape index (κ3) is 9.34. The van der Waals surface area contributed by atoms with Crippen molar-refractivity contribution in [3.05, 3.63) is 104 Å². The van der Waals surface area contributed by atoms with Gasteiger partial charge in [-0.15, -0.1) is 0 Å². The van der Waals surface area contributed by atoms with Crippen molar-refractivity contribution in [1.29, 1.82) is 0 Å². The van der Waals surface area contributed by atoms with Crippen LogP contribution in [0.4, 0.5) is 23.2 Å². The summed E-state index contributed by atoms with van der Waals surface area (Å²) in [5.41, 5.74) is -1.38. The number of hydrogen-bond donors (Lipinski definition) is 1. The Morgan fingerprint density at radius 1 is 1.05 bits per heavy atom. The van der Waals surface area contributed by atoms with Gasteiger partial charge in [0.15, 0.2) is 0 Å². The van der Waals surface area contributed by atoms with Crippen LogP contribution in [0.3, 0.4) is 0 Å². The van der Waals surface area contributed by atoms with Crippen molar-refractivity contribution in [2.45, 2.75) is 19.5 Å². The van der Waals surface area contributed by atoms with Crippen LogP contribution < -0.4 is 16.0 Å². The fourth-order valence-corrected chi connectivity index (χ4v) is 4.19. The van der Waals surface area contributed by atoms with E-state index >= 15 is 0 Å². The van der Waals surface area contributed by atoms with Crippen LogP contribution >= 0.6 is 11.6 Å². The number of rotatable bonds is 6. The van der Waals surface area contributed by atoms with E-state index in [1.165, 1.54) is 12.1 Å². The van der Waals surface area contributed by atoms with Crippen molar-refractivity contribution in [2.24, 2.45) is 0 Å². The first-order chi connectivity index (χ1) is 18.3. The topological polar surface area (TPSA) is 194 Å². The van der Waals surface area contributed by atoms with E-state index in [0.29, 0.717) is 27.1 Å². The number of halogens is 5. The molecule has 0 unspecified atom stereocenters. The summed E-state index contributed by atoms with van der Waals surface area (Å²) < 4.78 is 59.1. The average molecular weight is 653 g/mol. The monoisotopic (exact) mass is 652 g/mol. The zero-order valence-electron chi connectivity index (χ0n) is 22.2. The minimum atomic E-state index is -4.95. The molecule has 0 saturated carbocycles. The molecule has 0 spiro atoms. The SMILES string of the molecule is Cc1cc2c(-c3cccc(/C=C/C(=O)[O-])c3)c(CC(=O)Nc3ccc(F)cc3C(F)(F)F)c(=O)oc2cc1Cl.O.O.O.[Ca+2]. The Kier molecular flexibility index (Phi) is 14.7. The van der Waals surface area contributed by atoms with Crippen LogP contribution in [0.2, 0.25) is 5.02 Å². The summed E-state index contributed by atoms with van der Waals surface area (Å²) in [7, 11) is 0. The van der Waals surface area contributed by atoms with E-state index in [-0.39, 0.29) is 76.9 Å². The Balaban J connectivity index is 0.00000441. The maximum absolute atomic E-state index is 13.5. The number of fused-ring (bicyclic) bond motifs is 1. The number of amides is 1. The average Bonchev–Trinajstić information content (AvgIpc) is 2.85. The molecule has 0 fully saturated rings. The molecule has 3 aromatic carbocycles. The molecule has 1 aromatic heterocycles. The summed E-state index contributed by atoms with van der Waals surface area (Å²) in [5, 5.41) is 13.6. The number of aryl methyl sites for hydroxylation is 1. The molecule has 0 aliphatic rings. The predicted octanol–water partition coefficient (Wildman–Crippen LogP) is 2.67. The van der Waals surface area contributed by atoms with Crippen LogP contribution in [0.25, 0.3) is 28.2 Å². The van der Waals surface area contributed by atoms with Crippen LogP contribution in [0.1, 0.15) is 22.3 Å². The van der Waals surface area contributed by atoms with Crippen LogP contribution in [0.5, 0.6) is 0 Å². The second-order valence-electron chi connectivity index (χ2n) is 8.53. The summed E-state index contributed by atoms with van der Waals surface area (Å²) in [6.07, 6.45) is -3.55. The van der Waals surface area contributed by atoms with Crippen molar-refractivity contribution >= 4 is 83.9 Å². The number of hydrogen-bond acceptors (Lipinski definition) is 5. The number of carboxylic acids is 1. The van der Waals surface area contributed by atoms with Gasteiger partial charge in [-0.3, -0.25) is 4.79 Å². The van der Waals surface area contributed by atoms with E-state index in [0.717, 1.165) is 18.2 Å². The molecule has 1 amide bonds. The van der Waals surface area contributed by atoms with Gasteiger partial charge in [-0.05, 0) is 60.0 Å². The summed E-state index contributed by atoms with van der Waals surface area (Å²) in [5.74, 6) is -3.55. The molecule has 0 aliphatic heterocycles. The first-order valence-electron chi connectivity index (χ1n) is 11.3. The van der Waals surface area contributed by atoms with Gasteiger partial charge in [-0.2, -0.15) is 13.2 Å². The summed E-state index contributed by atoms with van der Waals surface area (Å²) in [6.45, 7) is 1.70. The quantitative estimate of drug-likeness (QED) is 0.144. The first kappa shape index (κ1) is 39.7. The van der Waals surface area contributed by atoms with Crippen LogP contribution in [0, 0.1) is 12.7 Å². The molecule has 224 valence electrons. The van der Waals surface area contributed by atoms with E-state index in [1.807, 2.05) is 0 Å². The minimum Gasteiger partial charge on any atom is -0.545 e. The molecular formula is C28H23CaClF4NO8+. The smallest absolute Gasteiger partial charge is 0.545 e. The van der Waals surface area contributed by atoms with Gasteiger partial charge in [0.25, 0.3) is 0 Å². The van der Waals surface area contributed by atoms with Crippen LogP contribution in [-0.4, -0.2) is 66.0 Å². The maximum Gasteiger partial charge on any atom is 2.00 e. The molecule has 4 rings (SSSR count). The van der Waals surface area contributed by atoms with E-state index in [1.54, 1.807) is 37.3 Å². The van der Waals surface area contributed by atoms with Crippen molar-refractivity contribution in [3.8, 4) is 11.1 Å². The third-order valence-electron chi connectivity index (χ3n) is 5.77. The van der Waals surface area contributed by atoms with E-state index < -0.39 is 47.2 Å². The van der Waals surface area contributed by atoms with E-state index in [4.69, 9.17) is 16.0 Å². The van der Waals surface area contributed by atoms with Gasteiger partial charge < -0.3 is 36.1 Å². The van der Waals surface area contributed by atoms with E-state index in [9.17, 15) is 37.1 Å². The Morgan fingerprint density at radius 3 is 2.35 bits per heavy atom. The Hall–Kier alpha value is -3.30. The van der Waals surface area contributed by atoms with Crippen molar-refractivity contribution in [3.63, 3.8) is 0 Å². The number of nitrogens with one attached hydrogen (secondary N) is 1. The number of benzene rings is 3. The Bertz CT molecular complexity index is 1720. The molecular weight excluding hydrogens is 630 g/mol. The van der Waals surface area contributed by atoms with Gasteiger partial charge in [0.2, 0.25) is 5.91 Å². The molecule has 43 heavy (non-hydrogen) atoms. The van der Waals surface area contributed by atoms with Crippen molar-refractivity contribution in [1.82, 2.24) is 0 Å². The second-order valence-corrected chi connectivity index (χ2v) is 8.94. The fourth-order valence-electron chi connectivity index (χ4n) is 4.04. The normalized spacial score (nSPS) is 10.7. The van der Waals surface area contributed by atoms with Crippen LogP contribution in [0.15, 0.2) is 69.9 Å². The van der Waals surface area contributed by atoms with E-state index in [2.05, 4.69) is 5.32 Å². The zero-order valence-corrected chi connectivity index (χ0v) is 25.2. The number of aliphatic carboxylic acids is 1. The first-order valence-corrected chi connectivity index (χ1v) is 11.6. The molecule has 9 nitrogen and oxygen atoms in total. The number of alkyl halides is 3. The third-order valence-corrected chi connectivity index (χ3v) is 6.17. The molecule has 15 heteroatoms. The molecule has 7 N–H and O–H groups in total. The van der Waals surface area contributed by atoms with Crippen molar-refractivity contribution < 1.29 is 53.1 Å². The van der Waals surface area contributed by atoms with Crippen LogP contribution in [-0.2, 0) is 22.2 Å². The summed E-state index contributed by atoms with van der Waals surface area (Å²) >= 11 is 6.20. The Morgan fingerprint density at radius 2 is 1.72 bits per heavy atom. The maximum atomic E-state index is 13.5. The van der Waals surface area contributed by atoms with Gasteiger partial charge in [-0.1, -0.05) is 35.9 Å². The standard InChI is InChI=1S/C28H18ClF4NO5.Ca.3H2O/c1-14-9-18-23(13-21(14)29)39-27(38)19(26(18)16-4-2-3-15(10-16)5-8-25(36)37)12-24(35)34-22-7-6-17(30)11-20(22)28(31,32)33;;;;/h2-11,13H,12H2,1H3,(H,34,35)(H,36,37);;3*1H2/q;+2;;;/p-1/b8-5+;;;;. The molecule has 0 radical (unpaired) electrons. The second kappa shape index (κ2) is 16.0. The molecule has 0 atom stereocenters. The van der Waals surface area contributed by atoms with Gasteiger partial charge in [0, 0.05) is 22.0 Å². The number of anilines is 1. The largest absolute Gasteiger partial charge is 2.00 e. The molecule has 0 bridgehead atoms. The summed E-state index contributed by atoms with van der Waals surface area (Å²) in [4.78, 5) is 36.8. The molecule has 0 aliphatic carbocycles. The Labute approximate surface area is 275 Å². The molecule has 4 aromatic rings. The van der Waals surface area contributed by atoms with Gasteiger partial charge in [0.1, 0.15) is 11.4 Å². The zero-order chi connectivity index (χ0) is 28.5. The van der Waals surface area contributed by atoms with Gasteiger partial charge >= 0.3 is 49.5 Å². The van der Waals surface area contributed by atoms with Gasteiger partial charge in [-0.25, -0.2) is 9.18 Å². The number of carboxylic acid groups (broad SMARTS) is 1. The van der Waals surface area contributed by atoms with Gasteiger partial charge in [0.05, 0.1) is 29.2 Å². The van der Waals surface area contributed by atoms with Crippen molar-refractivity contribution in [2.75, 3.05) is 5.32 Å². The molecule has 1 heterocycles. The molecule has 0 saturated heterocycles. The summed E-state index contributed by atoms with van der Waals surface area (Å²) in [6, 6.07) is 11.2. The minimum absolute atomic E-state index is 0. The predicted molar refractivity (Wildman–Crippen MR) is 152 cm³/mol. The fraction of sp³-hybridized carbons (Fsp3) is 0.107. The number of carbonyl (C=O) groups is 2. The number of carbonyl (C=O) groups excluding carboxylic acids is 2.